The van der Waals surface area contributed by atoms with Gasteiger partial charge in [0.25, 0.3) is 5.91 Å². The van der Waals surface area contributed by atoms with E-state index in [2.05, 4.69) is 14.7 Å². The van der Waals surface area contributed by atoms with Crippen molar-refractivity contribution in [1.29, 1.82) is 0 Å². The first kappa shape index (κ1) is 17.9. The molecule has 0 unspecified atom stereocenters. The highest BCUT2D eigenvalue weighted by Gasteiger charge is 2.10. The van der Waals surface area contributed by atoms with E-state index in [-0.39, 0.29) is 12.5 Å². The van der Waals surface area contributed by atoms with E-state index in [9.17, 15) is 4.79 Å². The van der Waals surface area contributed by atoms with Crippen molar-refractivity contribution < 1.29 is 14.3 Å². The number of amides is 1. The average molecular weight is 369 g/mol. The Morgan fingerprint density at radius 3 is 2.65 bits per heavy atom. The Morgan fingerprint density at radius 1 is 1.12 bits per heavy atom. The minimum atomic E-state index is -0.277. The van der Waals surface area contributed by atoms with Crippen LogP contribution in [0.25, 0.3) is 11.4 Å². The van der Waals surface area contributed by atoms with Crippen molar-refractivity contribution in [2.45, 2.75) is 13.8 Å². The summed E-state index contributed by atoms with van der Waals surface area (Å²) in [7, 11) is 0. The second-order valence-corrected chi connectivity index (χ2v) is 6.29. The van der Waals surface area contributed by atoms with Gasteiger partial charge in [-0.25, -0.2) is 0 Å². The molecular weight excluding hydrogens is 350 g/mol. The van der Waals surface area contributed by atoms with Crippen LogP contribution < -0.4 is 14.8 Å². The van der Waals surface area contributed by atoms with Gasteiger partial charge in [-0.2, -0.15) is 9.36 Å². The van der Waals surface area contributed by atoms with Crippen LogP contribution in [0.4, 0.5) is 5.13 Å². The number of aryl methyl sites for hydroxylation is 1. The number of anilines is 1. The van der Waals surface area contributed by atoms with Gasteiger partial charge < -0.3 is 9.47 Å². The van der Waals surface area contributed by atoms with Gasteiger partial charge in [0.05, 0.1) is 6.61 Å². The van der Waals surface area contributed by atoms with E-state index in [1.807, 2.05) is 62.4 Å². The minimum Gasteiger partial charge on any atom is -0.494 e. The number of nitrogens with zero attached hydrogens (tertiary/aromatic N) is 2. The van der Waals surface area contributed by atoms with Gasteiger partial charge >= 0.3 is 0 Å². The molecule has 1 amide bonds. The summed E-state index contributed by atoms with van der Waals surface area (Å²) >= 11 is 1.13. The lowest BCUT2D eigenvalue weighted by molar-refractivity contribution is -0.118. The van der Waals surface area contributed by atoms with Crippen molar-refractivity contribution in [2.75, 3.05) is 18.5 Å². The largest absolute Gasteiger partial charge is 0.494 e. The van der Waals surface area contributed by atoms with Crippen molar-refractivity contribution in [1.82, 2.24) is 9.36 Å². The van der Waals surface area contributed by atoms with Crippen molar-refractivity contribution in [2.24, 2.45) is 0 Å². The number of benzene rings is 2. The number of hydrogen-bond donors (Lipinski definition) is 1. The Morgan fingerprint density at radius 2 is 1.92 bits per heavy atom. The summed E-state index contributed by atoms with van der Waals surface area (Å²) in [6, 6.07) is 15.1. The molecule has 0 bridgehead atoms. The molecule has 0 atom stereocenters. The zero-order chi connectivity index (χ0) is 18.4. The van der Waals surface area contributed by atoms with Gasteiger partial charge in [0, 0.05) is 17.1 Å². The number of ether oxygens (including phenoxy) is 2. The number of hydrogen-bond acceptors (Lipinski definition) is 6. The predicted molar refractivity (Wildman–Crippen MR) is 102 cm³/mol. The van der Waals surface area contributed by atoms with Crippen LogP contribution >= 0.6 is 11.5 Å². The van der Waals surface area contributed by atoms with Crippen LogP contribution in [0.15, 0.2) is 48.5 Å². The van der Waals surface area contributed by atoms with E-state index >= 15 is 0 Å². The van der Waals surface area contributed by atoms with Gasteiger partial charge in [-0.3, -0.25) is 10.1 Å². The molecule has 0 radical (unpaired) electrons. The number of rotatable bonds is 7. The Balaban J connectivity index is 1.56. The molecule has 0 fully saturated rings. The lowest BCUT2D eigenvalue weighted by Gasteiger charge is -2.06. The summed E-state index contributed by atoms with van der Waals surface area (Å²) in [4.78, 5) is 16.4. The van der Waals surface area contributed by atoms with Crippen molar-refractivity contribution >= 4 is 22.6 Å². The molecule has 1 aromatic heterocycles. The van der Waals surface area contributed by atoms with Gasteiger partial charge in [-0.05, 0) is 55.8 Å². The van der Waals surface area contributed by atoms with Crippen LogP contribution in [0.3, 0.4) is 0 Å². The first-order valence-electron chi connectivity index (χ1n) is 8.20. The highest BCUT2D eigenvalue weighted by Crippen LogP contribution is 2.23. The first-order valence-corrected chi connectivity index (χ1v) is 8.97. The molecule has 0 spiro atoms. The van der Waals surface area contributed by atoms with Crippen molar-refractivity contribution in [3.63, 3.8) is 0 Å². The summed E-state index contributed by atoms with van der Waals surface area (Å²) in [5.74, 6) is 1.75. The summed E-state index contributed by atoms with van der Waals surface area (Å²) in [5, 5.41) is 3.14. The molecule has 3 aromatic rings. The second kappa shape index (κ2) is 8.44. The van der Waals surface area contributed by atoms with E-state index in [1.54, 1.807) is 0 Å². The predicted octanol–water partition coefficient (Wildman–Crippen LogP) is 3.93. The fourth-order valence-electron chi connectivity index (χ4n) is 2.27. The average Bonchev–Trinajstić information content (AvgIpc) is 3.09. The molecular formula is C19H19N3O3S. The van der Waals surface area contributed by atoms with E-state index in [4.69, 9.17) is 9.47 Å². The van der Waals surface area contributed by atoms with Gasteiger partial charge in [-0.15, -0.1) is 0 Å². The maximum atomic E-state index is 12.0. The second-order valence-electron chi connectivity index (χ2n) is 5.53. The molecule has 6 nitrogen and oxygen atoms in total. The zero-order valence-electron chi connectivity index (χ0n) is 14.6. The summed E-state index contributed by atoms with van der Waals surface area (Å²) in [6.45, 7) is 4.45. The third-order valence-electron chi connectivity index (χ3n) is 3.46. The van der Waals surface area contributed by atoms with E-state index in [0.717, 1.165) is 28.4 Å². The number of carbonyl (C=O) groups is 1. The van der Waals surface area contributed by atoms with Gasteiger partial charge in [-0.1, -0.05) is 12.1 Å². The van der Waals surface area contributed by atoms with Crippen LogP contribution in [-0.4, -0.2) is 28.5 Å². The number of carbonyl (C=O) groups excluding carboxylic acids is 1. The van der Waals surface area contributed by atoms with Crippen LogP contribution in [-0.2, 0) is 4.79 Å². The molecule has 0 saturated carbocycles. The fraction of sp³-hybridized carbons (Fsp3) is 0.211. The Hall–Kier alpha value is -2.93. The molecule has 134 valence electrons. The third-order valence-corrected chi connectivity index (χ3v) is 4.09. The SMILES string of the molecule is CCOc1ccc(-c2nsc(NC(=O)COc3cccc(C)c3)n2)cc1. The molecule has 0 saturated heterocycles. The first-order chi connectivity index (χ1) is 12.6. The molecule has 1 heterocycles. The smallest absolute Gasteiger partial charge is 0.264 e. The van der Waals surface area contributed by atoms with E-state index < -0.39 is 0 Å². The normalized spacial score (nSPS) is 10.4. The Kier molecular flexibility index (Phi) is 5.80. The van der Waals surface area contributed by atoms with E-state index in [0.29, 0.717) is 23.3 Å². The molecule has 1 N–H and O–H groups in total. The summed E-state index contributed by atoms with van der Waals surface area (Å²) < 4.78 is 15.2. The van der Waals surface area contributed by atoms with Gasteiger partial charge in [0.15, 0.2) is 12.4 Å². The summed E-state index contributed by atoms with van der Waals surface area (Å²) in [6.07, 6.45) is 0. The quantitative estimate of drug-likeness (QED) is 0.683. The molecule has 7 heteroatoms. The monoisotopic (exact) mass is 369 g/mol. The van der Waals surface area contributed by atoms with E-state index in [1.165, 1.54) is 0 Å². The standard InChI is InChI=1S/C19H19N3O3S/c1-3-24-15-9-7-14(8-10-15)18-21-19(26-22-18)20-17(23)12-25-16-6-4-5-13(2)11-16/h4-11H,3,12H2,1-2H3,(H,20,21,22,23). The van der Waals surface area contributed by atoms with Crippen LogP contribution in [0, 0.1) is 6.92 Å². The molecule has 0 aliphatic carbocycles. The lowest BCUT2D eigenvalue weighted by atomic mass is 10.2. The Labute approximate surface area is 156 Å². The maximum Gasteiger partial charge on any atom is 0.264 e. The topological polar surface area (TPSA) is 73.3 Å². The lowest BCUT2D eigenvalue weighted by Crippen LogP contribution is -2.20. The maximum absolute atomic E-state index is 12.0. The fourth-order valence-corrected chi connectivity index (χ4v) is 2.87. The molecule has 0 aliphatic heterocycles. The summed E-state index contributed by atoms with van der Waals surface area (Å²) in [5.41, 5.74) is 1.94. The highest BCUT2D eigenvalue weighted by atomic mass is 32.1. The molecule has 3 rings (SSSR count). The van der Waals surface area contributed by atoms with Crippen LogP contribution in [0.2, 0.25) is 0 Å². The molecule has 0 aliphatic rings. The Bertz CT molecular complexity index is 878. The minimum absolute atomic E-state index is 0.0819. The van der Waals surface area contributed by atoms with Crippen molar-refractivity contribution in [3.8, 4) is 22.9 Å². The van der Waals surface area contributed by atoms with Gasteiger partial charge in [0.2, 0.25) is 5.13 Å². The number of nitrogens with one attached hydrogen (secondary N) is 1. The van der Waals surface area contributed by atoms with Crippen molar-refractivity contribution in [3.05, 3.63) is 54.1 Å². The van der Waals surface area contributed by atoms with Crippen LogP contribution in [0.1, 0.15) is 12.5 Å². The van der Waals surface area contributed by atoms with Gasteiger partial charge in [0.1, 0.15) is 11.5 Å². The highest BCUT2D eigenvalue weighted by molar-refractivity contribution is 7.10. The third kappa shape index (κ3) is 4.80. The number of aromatic nitrogens is 2. The molecule has 2 aromatic carbocycles. The molecule has 26 heavy (non-hydrogen) atoms. The van der Waals surface area contributed by atoms with Crippen LogP contribution in [0.5, 0.6) is 11.5 Å². The zero-order valence-corrected chi connectivity index (χ0v) is 15.4.